The lowest BCUT2D eigenvalue weighted by Gasteiger charge is -2.34. The normalized spacial score (nSPS) is 16.0. The molecule has 0 saturated carbocycles. The van der Waals surface area contributed by atoms with Gasteiger partial charge in [-0.2, -0.15) is 5.26 Å². The second-order valence-corrected chi connectivity index (χ2v) is 5.70. The van der Waals surface area contributed by atoms with E-state index in [-0.39, 0.29) is 5.56 Å². The van der Waals surface area contributed by atoms with Crippen LogP contribution in [-0.4, -0.2) is 38.1 Å². The van der Waals surface area contributed by atoms with Gasteiger partial charge in [0.15, 0.2) is 5.56 Å². The van der Waals surface area contributed by atoms with Gasteiger partial charge in [-0.3, -0.25) is 0 Å². The van der Waals surface area contributed by atoms with Gasteiger partial charge >= 0.3 is 5.63 Å². The molecule has 0 amide bonds. The Balaban J connectivity index is 2.24. The molecule has 0 bridgehead atoms. The van der Waals surface area contributed by atoms with E-state index in [2.05, 4.69) is 23.8 Å². The van der Waals surface area contributed by atoms with Gasteiger partial charge in [-0.05, 0) is 31.2 Å². The molecule has 0 spiro atoms. The van der Waals surface area contributed by atoms with Crippen LogP contribution in [-0.2, 0) is 6.42 Å². The number of aryl methyl sites for hydroxylation is 1. The second kappa shape index (κ2) is 5.82. The molecule has 0 radical (unpaired) electrons. The predicted molar refractivity (Wildman–Crippen MR) is 86.3 cm³/mol. The van der Waals surface area contributed by atoms with Gasteiger partial charge in [-0.15, -0.1) is 0 Å². The lowest BCUT2D eigenvalue weighted by Crippen LogP contribution is -2.45. The molecular weight excluding hydrogens is 278 g/mol. The molecule has 5 nitrogen and oxygen atoms in total. The first-order chi connectivity index (χ1) is 10.6. The van der Waals surface area contributed by atoms with Crippen molar-refractivity contribution in [2.45, 2.75) is 13.3 Å². The molecule has 0 unspecified atom stereocenters. The average molecular weight is 297 g/mol. The van der Waals surface area contributed by atoms with E-state index in [0.29, 0.717) is 5.58 Å². The van der Waals surface area contributed by atoms with Crippen molar-refractivity contribution in [3.63, 3.8) is 0 Å². The first-order valence-electron chi connectivity index (χ1n) is 7.57. The zero-order valence-electron chi connectivity index (χ0n) is 12.9. The summed E-state index contributed by atoms with van der Waals surface area (Å²) in [7, 11) is 2.08. The summed E-state index contributed by atoms with van der Waals surface area (Å²) in [6, 6.07) is 7.87. The van der Waals surface area contributed by atoms with Crippen molar-refractivity contribution in [2.24, 2.45) is 0 Å². The largest absolute Gasteiger partial charge is 0.422 e. The summed E-state index contributed by atoms with van der Waals surface area (Å²) in [5.41, 5.74) is 2.02. The molecule has 5 heteroatoms. The number of hydrogen-bond acceptors (Lipinski definition) is 5. The highest BCUT2D eigenvalue weighted by atomic mass is 16.4. The molecule has 1 aromatic carbocycles. The highest BCUT2D eigenvalue weighted by molar-refractivity contribution is 5.93. The lowest BCUT2D eigenvalue weighted by molar-refractivity contribution is 0.313. The quantitative estimate of drug-likeness (QED) is 0.793. The van der Waals surface area contributed by atoms with Crippen molar-refractivity contribution in [2.75, 3.05) is 38.1 Å². The molecule has 1 fully saturated rings. The van der Waals surface area contributed by atoms with E-state index in [1.807, 2.05) is 24.3 Å². The number of benzene rings is 1. The Morgan fingerprint density at radius 1 is 1.27 bits per heavy atom. The summed E-state index contributed by atoms with van der Waals surface area (Å²) >= 11 is 0. The van der Waals surface area contributed by atoms with Crippen LogP contribution in [0.2, 0.25) is 0 Å². The summed E-state index contributed by atoms with van der Waals surface area (Å²) in [5.74, 6) is 0. The molecule has 1 aliphatic heterocycles. The Morgan fingerprint density at radius 2 is 2.00 bits per heavy atom. The van der Waals surface area contributed by atoms with E-state index in [0.717, 1.165) is 43.7 Å². The Hall–Kier alpha value is -2.32. The first-order valence-corrected chi connectivity index (χ1v) is 7.57. The molecule has 1 aliphatic rings. The average Bonchev–Trinajstić information content (AvgIpc) is 2.54. The monoisotopic (exact) mass is 297 g/mol. The van der Waals surface area contributed by atoms with E-state index in [4.69, 9.17) is 4.42 Å². The SMILES string of the molecule is CCc1ccc2oc(=O)c(C#N)c(N3CCN(C)CC3)c2c1. The number of fused-ring (bicyclic) bond motifs is 1. The molecule has 114 valence electrons. The van der Waals surface area contributed by atoms with Crippen molar-refractivity contribution in [3.8, 4) is 6.07 Å². The number of likely N-dealkylation sites (N-methyl/N-ethyl adjacent to an activating group) is 1. The van der Waals surface area contributed by atoms with Gasteiger partial charge in [0.2, 0.25) is 0 Å². The highest BCUT2D eigenvalue weighted by Crippen LogP contribution is 2.30. The molecule has 0 N–H and O–H groups in total. The topological polar surface area (TPSA) is 60.5 Å². The Labute approximate surface area is 129 Å². The zero-order valence-corrected chi connectivity index (χ0v) is 12.9. The van der Waals surface area contributed by atoms with Gasteiger partial charge in [-0.25, -0.2) is 4.79 Å². The van der Waals surface area contributed by atoms with Crippen molar-refractivity contribution in [1.82, 2.24) is 4.90 Å². The predicted octanol–water partition coefficient (Wildman–Crippen LogP) is 1.98. The van der Waals surface area contributed by atoms with E-state index < -0.39 is 5.63 Å². The van der Waals surface area contributed by atoms with Gasteiger partial charge in [0.05, 0.1) is 5.69 Å². The molecule has 2 aromatic rings. The highest BCUT2D eigenvalue weighted by Gasteiger charge is 2.23. The van der Waals surface area contributed by atoms with Crippen LogP contribution in [0.25, 0.3) is 11.0 Å². The molecule has 22 heavy (non-hydrogen) atoms. The van der Waals surface area contributed by atoms with Crippen LogP contribution < -0.4 is 10.5 Å². The summed E-state index contributed by atoms with van der Waals surface area (Å²) in [5, 5.41) is 10.3. The van der Waals surface area contributed by atoms with Gasteiger partial charge in [0, 0.05) is 31.6 Å². The molecule has 3 rings (SSSR count). The third-order valence-electron chi connectivity index (χ3n) is 4.28. The lowest BCUT2D eigenvalue weighted by atomic mass is 10.0. The van der Waals surface area contributed by atoms with Gasteiger partial charge in [0.25, 0.3) is 0 Å². The number of nitrogens with zero attached hydrogens (tertiary/aromatic N) is 3. The molecule has 0 atom stereocenters. The van der Waals surface area contributed by atoms with Gasteiger partial charge in [0.1, 0.15) is 11.7 Å². The fourth-order valence-corrected chi connectivity index (χ4v) is 2.91. The molecule has 0 aliphatic carbocycles. The maximum absolute atomic E-state index is 12.1. The molecular formula is C17H19N3O2. The fraction of sp³-hybridized carbons (Fsp3) is 0.412. The maximum atomic E-state index is 12.1. The fourth-order valence-electron chi connectivity index (χ4n) is 2.91. The van der Waals surface area contributed by atoms with Crippen molar-refractivity contribution >= 4 is 16.7 Å². The van der Waals surface area contributed by atoms with Crippen molar-refractivity contribution < 1.29 is 4.42 Å². The second-order valence-electron chi connectivity index (χ2n) is 5.70. The minimum atomic E-state index is -0.548. The maximum Gasteiger partial charge on any atom is 0.356 e. The van der Waals surface area contributed by atoms with Crippen LogP contribution in [0.3, 0.4) is 0 Å². The minimum absolute atomic E-state index is 0.116. The Bertz CT molecular complexity index is 796. The zero-order chi connectivity index (χ0) is 15.7. The number of nitriles is 1. The van der Waals surface area contributed by atoms with Crippen molar-refractivity contribution in [1.29, 1.82) is 5.26 Å². The van der Waals surface area contributed by atoms with Gasteiger partial charge < -0.3 is 14.2 Å². The van der Waals surface area contributed by atoms with E-state index >= 15 is 0 Å². The number of piperazine rings is 1. The molecule has 1 saturated heterocycles. The third kappa shape index (κ3) is 2.46. The van der Waals surface area contributed by atoms with Crippen LogP contribution in [0, 0.1) is 11.3 Å². The summed E-state index contributed by atoms with van der Waals surface area (Å²) in [6.07, 6.45) is 0.902. The van der Waals surface area contributed by atoms with Crippen LogP contribution in [0.1, 0.15) is 18.1 Å². The van der Waals surface area contributed by atoms with Crippen LogP contribution in [0.15, 0.2) is 27.4 Å². The van der Waals surface area contributed by atoms with Crippen LogP contribution in [0.4, 0.5) is 5.69 Å². The molecule has 2 heterocycles. The Morgan fingerprint density at radius 3 is 2.64 bits per heavy atom. The standard InChI is InChI=1S/C17H19N3O2/c1-3-12-4-5-15-13(10-12)16(14(11-18)17(21)22-15)20-8-6-19(2)7-9-20/h4-5,10H,3,6-9H2,1-2H3. The number of anilines is 1. The Kier molecular flexibility index (Phi) is 3.86. The summed E-state index contributed by atoms with van der Waals surface area (Å²) in [6.45, 7) is 5.53. The van der Waals surface area contributed by atoms with Gasteiger partial charge in [-0.1, -0.05) is 13.0 Å². The van der Waals surface area contributed by atoms with E-state index in [1.165, 1.54) is 5.56 Å². The smallest absolute Gasteiger partial charge is 0.356 e. The van der Waals surface area contributed by atoms with Crippen molar-refractivity contribution in [3.05, 3.63) is 39.7 Å². The first kappa shape index (κ1) is 14.6. The van der Waals surface area contributed by atoms with Crippen LogP contribution >= 0.6 is 0 Å². The van der Waals surface area contributed by atoms with E-state index in [1.54, 1.807) is 0 Å². The van der Waals surface area contributed by atoms with E-state index in [9.17, 15) is 10.1 Å². The number of hydrogen-bond donors (Lipinski definition) is 0. The minimum Gasteiger partial charge on any atom is -0.422 e. The molecule has 1 aromatic heterocycles. The summed E-state index contributed by atoms with van der Waals surface area (Å²) in [4.78, 5) is 16.5. The number of rotatable bonds is 2. The third-order valence-corrected chi connectivity index (χ3v) is 4.28. The van der Waals surface area contributed by atoms with Crippen LogP contribution in [0.5, 0.6) is 0 Å². The summed E-state index contributed by atoms with van der Waals surface area (Å²) < 4.78 is 5.32.